The standard InChI is InChI=1S/C21H19N7O4/c1-27-19(14-4-2-3-7-22-14)26-28(21(27)30)9-8-23-20(29)16-11-15(24-25-16)13-5-6-17-18(10-13)32-12-31-17/h2-7,10-11H,8-9,12H2,1H3,(H,23,29)(H,24,25). The summed E-state index contributed by atoms with van der Waals surface area (Å²) in [6.45, 7) is 0.625. The van der Waals surface area contributed by atoms with Crippen LogP contribution in [0.1, 0.15) is 10.5 Å². The third-order valence-corrected chi connectivity index (χ3v) is 5.03. The average molecular weight is 433 g/mol. The SMILES string of the molecule is Cn1c(-c2ccccn2)nn(CCNC(=O)c2cc(-c3ccc4c(c3)OCO4)n[nH]2)c1=O. The number of aromatic nitrogens is 6. The van der Waals surface area contributed by atoms with E-state index in [4.69, 9.17) is 9.47 Å². The fourth-order valence-corrected chi connectivity index (χ4v) is 3.36. The fourth-order valence-electron chi connectivity index (χ4n) is 3.36. The van der Waals surface area contributed by atoms with E-state index in [9.17, 15) is 9.59 Å². The molecule has 4 aromatic rings. The molecule has 0 fully saturated rings. The number of pyridine rings is 1. The van der Waals surface area contributed by atoms with Gasteiger partial charge >= 0.3 is 5.69 Å². The number of nitrogens with one attached hydrogen (secondary N) is 2. The molecule has 0 bridgehead atoms. The van der Waals surface area contributed by atoms with Crippen LogP contribution in [-0.4, -0.2) is 48.8 Å². The minimum absolute atomic E-state index is 0.190. The topological polar surface area (TPSA) is 129 Å². The van der Waals surface area contributed by atoms with Gasteiger partial charge in [0.2, 0.25) is 6.79 Å². The third-order valence-electron chi connectivity index (χ3n) is 5.03. The van der Waals surface area contributed by atoms with Crippen LogP contribution in [0.3, 0.4) is 0 Å². The number of hydrogen-bond donors (Lipinski definition) is 2. The van der Waals surface area contributed by atoms with Crippen LogP contribution in [-0.2, 0) is 13.6 Å². The Morgan fingerprint density at radius 3 is 2.88 bits per heavy atom. The van der Waals surface area contributed by atoms with E-state index in [0.29, 0.717) is 34.4 Å². The molecular formula is C21H19N7O4. The second-order valence-electron chi connectivity index (χ2n) is 7.09. The first-order valence-electron chi connectivity index (χ1n) is 9.89. The molecular weight excluding hydrogens is 414 g/mol. The van der Waals surface area contributed by atoms with E-state index < -0.39 is 0 Å². The largest absolute Gasteiger partial charge is 0.454 e. The van der Waals surface area contributed by atoms with Crippen molar-refractivity contribution in [3.05, 3.63) is 64.8 Å². The number of hydrogen-bond acceptors (Lipinski definition) is 7. The molecule has 1 aromatic carbocycles. The molecule has 0 atom stereocenters. The van der Waals surface area contributed by atoms with Gasteiger partial charge in [-0.05, 0) is 36.4 Å². The van der Waals surface area contributed by atoms with E-state index in [1.54, 1.807) is 37.5 Å². The molecule has 1 aliphatic heterocycles. The van der Waals surface area contributed by atoms with Crippen LogP contribution in [0.25, 0.3) is 22.8 Å². The van der Waals surface area contributed by atoms with Gasteiger partial charge < -0.3 is 14.8 Å². The van der Waals surface area contributed by atoms with E-state index in [1.165, 1.54) is 9.25 Å². The third kappa shape index (κ3) is 3.60. The number of carbonyl (C=O) groups is 1. The number of H-pyrrole nitrogens is 1. The van der Waals surface area contributed by atoms with Gasteiger partial charge in [0.05, 0.1) is 12.2 Å². The highest BCUT2D eigenvalue weighted by Crippen LogP contribution is 2.35. The summed E-state index contributed by atoms with van der Waals surface area (Å²) in [5.74, 6) is 1.45. The predicted molar refractivity (Wildman–Crippen MR) is 113 cm³/mol. The van der Waals surface area contributed by atoms with Gasteiger partial charge in [0, 0.05) is 25.4 Å². The Hall–Kier alpha value is -4.41. The van der Waals surface area contributed by atoms with Crippen molar-refractivity contribution in [3.8, 4) is 34.3 Å². The van der Waals surface area contributed by atoms with Crippen LogP contribution in [0.5, 0.6) is 11.5 Å². The van der Waals surface area contributed by atoms with E-state index in [-0.39, 0.29) is 31.5 Å². The number of fused-ring (bicyclic) bond motifs is 1. The van der Waals surface area contributed by atoms with Gasteiger partial charge in [0.25, 0.3) is 5.91 Å². The molecule has 1 aliphatic rings. The average Bonchev–Trinajstić information content (AvgIpc) is 3.55. The van der Waals surface area contributed by atoms with Crippen molar-refractivity contribution in [2.24, 2.45) is 7.05 Å². The lowest BCUT2D eigenvalue weighted by atomic mass is 10.1. The van der Waals surface area contributed by atoms with E-state index in [1.807, 2.05) is 18.2 Å². The van der Waals surface area contributed by atoms with Crippen molar-refractivity contribution in [1.29, 1.82) is 0 Å². The van der Waals surface area contributed by atoms with Gasteiger partial charge in [-0.15, -0.1) is 5.10 Å². The first-order valence-corrected chi connectivity index (χ1v) is 9.89. The van der Waals surface area contributed by atoms with E-state index in [0.717, 1.165) is 5.56 Å². The minimum Gasteiger partial charge on any atom is -0.454 e. The smallest absolute Gasteiger partial charge is 0.346 e. The van der Waals surface area contributed by atoms with Gasteiger partial charge in [0.15, 0.2) is 17.3 Å². The highest BCUT2D eigenvalue weighted by molar-refractivity contribution is 5.93. The highest BCUT2D eigenvalue weighted by atomic mass is 16.7. The van der Waals surface area contributed by atoms with Gasteiger partial charge in [-0.25, -0.2) is 9.48 Å². The van der Waals surface area contributed by atoms with Crippen molar-refractivity contribution >= 4 is 5.91 Å². The van der Waals surface area contributed by atoms with Crippen LogP contribution >= 0.6 is 0 Å². The monoisotopic (exact) mass is 433 g/mol. The second kappa shape index (κ2) is 8.02. The maximum absolute atomic E-state index is 12.5. The quantitative estimate of drug-likeness (QED) is 0.467. The van der Waals surface area contributed by atoms with Crippen LogP contribution in [0.15, 0.2) is 53.5 Å². The Morgan fingerprint density at radius 2 is 2.03 bits per heavy atom. The van der Waals surface area contributed by atoms with Gasteiger partial charge in [0.1, 0.15) is 11.4 Å². The molecule has 4 heterocycles. The summed E-state index contributed by atoms with van der Waals surface area (Å²) in [7, 11) is 1.64. The van der Waals surface area contributed by atoms with Crippen LogP contribution in [0.4, 0.5) is 0 Å². The summed E-state index contributed by atoms with van der Waals surface area (Å²) in [6, 6.07) is 12.5. The molecule has 0 unspecified atom stereocenters. The van der Waals surface area contributed by atoms with Crippen LogP contribution in [0, 0.1) is 0 Å². The zero-order chi connectivity index (χ0) is 22.1. The molecule has 3 aromatic heterocycles. The highest BCUT2D eigenvalue weighted by Gasteiger charge is 2.17. The molecule has 11 heteroatoms. The number of nitrogens with zero attached hydrogens (tertiary/aromatic N) is 5. The number of carbonyl (C=O) groups excluding carboxylic acids is 1. The van der Waals surface area contributed by atoms with Gasteiger partial charge in [-0.2, -0.15) is 5.10 Å². The molecule has 5 rings (SSSR count). The maximum Gasteiger partial charge on any atom is 0.346 e. The predicted octanol–water partition coefficient (Wildman–Crippen LogP) is 1.19. The van der Waals surface area contributed by atoms with Crippen molar-refractivity contribution in [2.75, 3.05) is 13.3 Å². The molecule has 0 saturated heterocycles. The van der Waals surface area contributed by atoms with Crippen molar-refractivity contribution in [2.45, 2.75) is 6.54 Å². The summed E-state index contributed by atoms with van der Waals surface area (Å²) < 4.78 is 13.4. The number of benzene rings is 1. The summed E-state index contributed by atoms with van der Waals surface area (Å²) in [4.78, 5) is 29.2. The molecule has 0 aliphatic carbocycles. The van der Waals surface area contributed by atoms with Gasteiger partial charge in [-0.1, -0.05) is 6.07 Å². The maximum atomic E-state index is 12.5. The van der Waals surface area contributed by atoms with Crippen molar-refractivity contribution in [3.63, 3.8) is 0 Å². The summed E-state index contributed by atoms with van der Waals surface area (Å²) >= 11 is 0. The van der Waals surface area contributed by atoms with Crippen LogP contribution in [0.2, 0.25) is 0 Å². The lowest BCUT2D eigenvalue weighted by molar-refractivity contribution is 0.0946. The fraction of sp³-hybridized carbons (Fsp3) is 0.190. The Bertz CT molecular complexity index is 1340. The van der Waals surface area contributed by atoms with E-state index >= 15 is 0 Å². The first kappa shape index (κ1) is 19.5. The molecule has 0 radical (unpaired) electrons. The Kier molecular flexibility index (Phi) is 4.90. The zero-order valence-corrected chi connectivity index (χ0v) is 17.1. The molecule has 11 nitrogen and oxygen atoms in total. The molecule has 162 valence electrons. The first-order chi connectivity index (χ1) is 15.6. The van der Waals surface area contributed by atoms with Crippen LogP contribution < -0.4 is 20.5 Å². The lowest BCUT2D eigenvalue weighted by Crippen LogP contribution is -2.31. The Morgan fingerprint density at radius 1 is 1.16 bits per heavy atom. The molecule has 1 amide bonds. The van der Waals surface area contributed by atoms with Crippen molar-refractivity contribution in [1.82, 2.24) is 34.8 Å². The normalized spacial score (nSPS) is 12.2. The van der Waals surface area contributed by atoms with Crippen molar-refractivity contribution < 1.29 is 14.3 Å². The number of aromatic amines is 1. The molecule has 0 spiro atoms. The lowest BCUT2D eigenvalue weighted by Gasteiger charge is -2.02. The number of amides is 1. The summed E-state index contributed by atoms with van der Waals surface area (Å²) in [6.07, 6.45) is 1.64. The Balaban J connectivity index is 1.23. The second-order valence-corrected chi connectivity index (χ2v) is 7.09. The molecule has 32 heavy (non-hydrogen) atoms. The Labute approximate surface area is 181 Å². The number of ether oxygens (including phenoxy) is 2. The van der Waals surface area contributed by atoms with Gasteiger partial charge in [-0.3, -0.25) is 19.4 Å². The summed E-state index contributed by atoms with van der Waals surface area (Å²) in [5, 5.41) is 14.0. The van der Waals surface area contributed by atoms with E-state index in [2.05, 4.69) is 25.6 Å². The minimum atomic E-state index is -0.335. The zero-order valence-electron chi connectivity index (χ0n) is 17.1. The molecule has 0 saturated carbocycles. The molecule has 2 N–H and O–H groups in total. The summed E-state index contributed by atoms with van der Waals surface area (Å²) in [5.41, 5.74) is 2.02. The number of rotatable bonds is 6.